The number of benzene rings is 3. The zero-order valence-electron chi connectivity index (χ0n) is 22.1. The van der Waals surface area contributed by atoms with Gasteiger partial charge < -0.3 is 0 Å². The summed E-state index contributed by atoms with van der Waals surface area (Å²) in [6, 6.07) is 22.1. The summed E-state index contributed by atoms with van der Waals surface area (Å²) in [5.41, 5.74) is 5.80. The molecule has 0 radical (unpaired) electrons. The lowest BCUT2D eigenvalue weighted by atomic mass is 9.82. The summed E-state index contributed by atoms with van der Waals surface area (Å²) in [5, 5.41) is 2.66. The second kappa shape index (κ2) is 15.7. The number of rotatable bonds is 2. The van der Waals surface area contributed by atoms with Crippen LogP contribution < -0.4 is 0 Å². The van der Waals surface area contributed by atoms with E-state index in [-0.39, 0.29) is 5.41 Å². The van der Waals surface area contributed by atoms with Crippen molar-refractivity contribution in [1.82, 2.24) is 0 Å². The minimum atomic E-state index is 0.107. The molecule has 0 nitrogen and oxygen atoms in total. The van der Waals surface area contributed by atoms with E-state index in [9.17, 15) is 0 Å². The number of hydrogen-bond donors (Lipinski definition) is 0. The van der Waals surface area contributed by atoms with E-state index in [1.54, 1.807) is 0 Å². The molecule has 0 amide bonds. The van der Waals surface area contributed by atoms with Crippen LogP contribution in [0.15, 0.2) is 60.7 Å². The zero-order chi connectivity index (χ0) is 23.9. The third-order valence-electron chi connectivity index (χ3n) is 5.45. The Bertz CT molecular complexity index is 847. The molecule has 4 rings (SSSR count). The Morgan fingerprint density at radius 3 is 1.42 bits per heavy atom. The molecule has 0 N–H and O–H groups in total. The van der Waals surface area contributed by atoms with Crippen molar-refractivity contribution < 1.29 is 0 Å². The summed E-state index contributed by atoms with van der Waals surface area (Å²) in [5.74, 6) is 0. The number of hydrogen-bond acceptors (Lipinski definition) is 0. The Balaban J connectivity index is 0.000000637. The molecule has 0 aliphatic heterocycles. The van der Waals surface area contributed by atoms with Crippen molar-refractivity contribution in [2.24, 2.45) is 0 Å². The van der Waals surface area contributed by atoms with Gasteiger partial charge >= 0.3 is 0 Å². The van der Waals surface area contributed by atoms with Crippen LogP contribution in [-0.4, -0.2) is 0 Å². The van der Waals surface area contributed by atoms with E-state index in [1.165, 1.54) is 58.7 Å². The van der Waals surface area contributed by atoms with Gasteiger partial charge in [0, 0.05) is 5.41 Å². The van der Waals surface area contributed by atoms with Gasteiger partial charge in [-0.3, -0.25) is 0 Å². The maximum absolute atomic E-state index is 2.37. The Morgan fingerprint density at radius 1 is 0.516 bits per heavy atom. The van der Waals surface area contributed by atoms with Crippen LogP contribution in [0.5, 0.6) is 0 Å². The Hall–Kier alpha value is -2.08. The molecule has 1 aliphatic rings. The first-order valence-electron chi connectivity index (χ1n) is 12.6. The summed E-state index contributed by atoms with van der Waals surface area (Å²) < 4.78 is 0. The molecule has 172 valence electrons. The highest BCUT2D eigenvalue weighted by Crippen LogP contribution is 2.49. The van der Waals surface area contributed by atoms with Crippen LogP contribution in [0.2, 0.25) is 0 Å². The summed E-state index contributed by atoms with van der Waals surface area (Å²) in [7, 11) is 0. The van der Waals surface area contributed by atoms with Gasteiger partial charge in [0.05, 0.1) is 0 Å². The van der Waals surface area contributed by atoms with Crippen LogP contribution in [0.1, 0.15) is 106 Å². The van der Waals surface area contributed by atoms with Crippen molar-refractivity contribution in [2.45, 2.75) is 100 Å². The van der Waals surface area contributed by atoms with E-state index in [1.807, 2.05) is 27.7 Å². The van der Waals surface area contributed by atoms with Gasteiger partial charge in [-0.2, -0.15) is 0 Å². The van der Waals surface area contributed by atoms with Gasteiger partial charge in [0.1, 0.15) is 0 Å². The first-order valence-corrected chi connectivity index (χ1v) is 12.6. The standard InChI is InChI=1S/C19H16.2C4H10.2C2H6/c1-19(2)17-10-6-5-9-15(17)16-11-13-7-3-4-8-14(13)12-18(16)19;2*1-3-4-2;2*1-2/h3-12H,1-2H3;2*3-4H2,1-2H3;2*1-2H3. The van der Waals surface area contributed by atoms with Crippen molar-refractivity contribution in [1.29, 1.82) is 0 Å². The quantitative estimate of drug-likeness (QED) is 0.386. The molecule has 0 saturated carbocycles. The van der Waals surface area contributed by atoms with Crippen LogP contribution in [0.25, 0.3) is 21.9 Å². The van der Waals surface area contributed by atoms with Gasteiger partial charge in [-0.1, -0.05) is 143 Å². The second-order valence-corrected chi connectivity index (χ2v) is 7.92. The van der Waals surface area contributed by atoms with E-state index < -0.39 is 0 Å². The molecule has 0 unspecified atom stereocenters. The van der Waals surface area contributed by atoms with Crippen molar-refractivity contribution in [3.63, 3.8) is 0 Å². The lowest BCUT2D eigenvalue weighted by Gasteiger charge is -2.21. The summed E-state index contributed by atoms with van der Waals surface area (Å²) in [6.45, 7) is 21.4. The second-order valence-electron chi connectivity index (χ2n) is 7.92. The monoisotopic (exact) mass is 420 g/mol. The Labute approximate surface area is 194 Å². The molecule has 0 atom stereocenters. The van der Waals surface area contributed by atoms with Crippen LogP contribution in [0.4, 0.5) is 0 Å². The molecule has 0 heteroatoms. The van der Waals surface area contributed by atoms with Gasteiger partial charge in [0.15, 0.2) is 0 Å². The molecular weight excluding hydrogens is 372 g/mol. The average Bonchev–Trinajstić information content (AvgIpc) is 3.07. The number of unbranched alkanes of at least 4 members (excludes halogenated alkanes) is 2. The van der Waals surface area contributed by atoms with Crippen LogP contribution in [0, 0.1) is 0 Å². The first kappa shape index (κ1) is 28.9. The van der Waals surface area contributed by atoms with Gasteiger partial charge in [-0.05, 0) is 45.2 Å². The minimum absolute atomic E-state index is 0.107. The lowest BCUT2D eigenvalue weighted by molar-refractivity contribution is 0.661. The maximum Gasteiger partial charge on any atom is 0.0159 e. The summed E-state index contributed by atoms with van der Waals surface area (Å²) in [6.07, 6.45) is 5.28. The molecule has 3 aromatic carbocycles. The van der Waals surface area contributed by atoms with E-state index in [0.717, 1.165) is 0 Å². The highest BCUT2D eigenvalue weighted by atomic mass is 14.4. The predicted molar refractivity (Wildman–Crippen MR) is 145 cm³/mol. The first-order chi connectivity index (χ1) is 15.0. The molecule has 0 spiro atoms. The van der Waals surface area contributed by atoms with Crippen LogP contribution in [-0.2, 0) is 5.41 Å². The van der Waals surface area contributed by atoms with Gasteiger partial charge in [0.25, 0.3) is 0 Å². The van der Waals surface area contributed by atoms with Gasteiger partial charge in [0.2, 0.25) is 0 Å². The van der Waals surface area contributed by atoms with E-state index in [0.29, 0.717) is 0 Å². The summed E-state index contributed by atoms with van der Waals surface area (Å²) >= 11 is 0. The van der Waals surface area contributed by atoms with Crippen molar-refractivity contribution in [3.8, 4) is 11.1 Å². The zero-order valence-corrected chi connectivity index (χ0v) is 22.1. The fraction of sp³-hybridized carbons (Fsp3) is 0.484. The number of fused-ring (bicyclic) bond motifs is 4. The van der Waals surface area contributed by atoms with Gasteiger partial charge in [-0.25, -0.2) is 0 Å². The lowest BCUT2D eigenvalue weighted by Crippen LogP contribution is -2.14. The van der Waals surface area contributed by atoms with Crippen LogP contribution >= 0.6 is 0 Å². The van der Waals surface area contributed by atoms with E-state index in [2.05, 4.69) is 102 Å². The molecular formula is C31H48. The van der Waals surface area contributed by atoms with Crippen LogP contribution in [0.3, 0.4) is 0 Å². The molecule has 0 fully saturated rings. The average molecular weight is 421 g/mol. The molecule has 3 aromatic rings. The molecule has 0 bridgehead atoms. The van der Waals surface area contributed by atoms with Crippen molar-refractivity contribution >= 4 is 10.8 Å². The normalized spacial score (nSPS) is 11.7. The smallest absolute Gasteiger partial charge is 0.0159 e. The van der Waals surface area contributed by atoms with Crippen molar-refractivity contribution in [3.05, 3.63) is 71.8 Å². The summed E-state index contributed by atoms with van der Waals surface area (Å²) in [4.78, 5) is 0. The molecule has 0 heterocycles. The third kappa shape index (κ3) is 7.53. The van der Waals surface area contributed by atoms with Gasteiger partial charge in [-0.15, -0.1) is 0 Å². The van der Waals surface area contributed by atoms with E-state index in [4.69, 9.17) is 0 Å². The SMILES string of the molecule is CC.CC.CC1(C)c2ccccc2-c2cc3ccccc3cc21.CCCC.CCCC. The minimum Gasteiger partial charge on any atom is -0.0683 e. The highest BCUT2D eigenvalue weighted by Gasteiger charge is 2.35. The van der Waals surface area contributed by atoms with E-state index >= 15 is 0 Å². The fourth-order valence-corrected chi connectivity index (χ4v) is 3.39. The maximum atomic E-state index is 2.37. The molecule has 0 aromatic heterocycles. The topological polar surface area (TPSA) is 0 Å². The third-order valence-corrected chi connectivity index (χ3v) is 5.45. The Kier molecular flexibility index (Phi) is 14.6. The van der Waals surface area contributed by atoms with Crippen molar-refractivity contribution in [2.75, 3.05) is 0 Å². The largest absolute Gasteiger partial charge is 0.0683 e. The molecule has 1 aliphatic carbocycles. The highest BCUT2D eigenvalue weighted by molar-refractivity contribution is 5.93. The Morgan fingerprint density at radius 2 is 0.935 bits per heavy atom. The molecule has 0 saturated heterocycles. The fourth-order valence-electron chi connectivity index (χ4n) is 3.39. The predicted octanol–water partition coefficient (Wildman–Crippen LogP) is 10.8. The molecule has 31 heavy (non-hydrogen) atoms.